The summed E-state index contributed by atoms with van der Waals surface area (Å²) < 4.78 is 47.5. The quantitative estimate of drug-likeness (QED) is 0.395. The van der Waals surface area contributed by atoms with Crippen molar-refractivity contribution in [2.24, 2.45) is 0 Å². The fourth-order valence-electron chi connectivity index (χ4n) is 7.39. The number of aryl methyl sites for hydroxylation is 1. The van der Waals surface area contributed by atoms with E-state index in [1.165, 1.54) is 6.07 Å². The van der Waals surface area contributed by atoms with Crippen molar-refractivity contribution < 1.29 is 28.1 Å². The predicted molar refractivity (Wildman–Crippen MR) is 154 cm³/mol. The van der Waals surface area contributed by atoms with Gasteiger partial charge in [-0.05, 0) is 68.2 Å². The van der Waals surface area contributed by atoms with Crippen molar-refractivity contribution in [1.82, 2.24) is 14.9 Å². The molecule has 4 aliphatic rings. The third-order valence-corrected chi connectivity index (χ3v) is 9.47. The van der Waals surface area contributed by atoms with Gasteiger partial charge in [-0.25, -0.2) is 8.78 Å². The Bertz CT molecular complexity index is 1480. The summed E-state index contributed by atoms with van der Waals surface area (Å²) >= 11 is 0. The molecule has 3 saturated heterocycles. The molecule has 1 aromatic heterocycles. The number of aromatic hydroxyl groups is 1. The Morgan fingerprint density at radius 1 is 1.17 bits per heavy atom. The number of alkyl halides is 1. The Hall–Kier alpha value is -3.24. The summed E-state index contributed by atoms with van der Waals surface area (Å²) in [5.74, 6) is 0.370. The van der Waals surface area contributed by atoms with E-state index in [4.69, 9.17) is 19.2 Å². The molecule has 8 nitrogen and oxygen atoms in total. The Labute approximate surface area is 244 Å². The van der Waals surface area contributed by atoms with Crippen molar-refractivity contribution in [2.75, 3.05) is 37.7 Å². The minimum absolute atomic E-state index is 0.0816. The van der Waals surface area contributed by atoms with Crippen LogP contribution in [0.15, 0.2) is 24.3 Å². The Morgan fingerprint density at radius 3 is 2.90 bits per heavy atom. The van der Waals surface area contributed by atoms with E-state index in [9.17, 15) is 9.50 Å². The van der Waals surface area contributed by atoms with Crippen LogP contribution < -0.4 is 14.4 Å². The lowest BCUT2D eigenvalue weighted by Gasteiger charge is -2.33. The third-order valence-electron chi connectivity index (χ3n) is 9.47. The molecule has 2 aromatic carbocycles. The fraction of sp³-hybridized carbons (Fsp3) is 0.562. The van der Waals surface area contributed by atoms with E-state index in [2.05, 4.69) is 14.8 Å². The number of fused-ring (bicyclic) bond motifs is 3. The summed E-state index contributed by atoms with van der Waals surface area (Å²) in [7, 11) is 0. The average Bonchev–Trinajstić information content (AvgIpc) is 3.52. The summed E-state index contributed by atoms with van der Waals surface area (Å²) in [6.07, 6.45) is 5.19. The molecule has 1 unspecified atom stereocenters. The van der Waals surface area contributed by atoms with Gasteiger partial charge in [0.1, 0.15) is 24.3 Å². The van der Waals surface area contributed by atoms with Crippen LogP contribution in [0.5, 0.6) is 17.6 Å². The van der Waals surface area contributed by atoms with E-state index in [1.54, 1.807) is 6.07 Å². The molecule has 3 fully saturated rings. The molecule has 0 spiro atoms. The number of rotatable bonds is 7. The van der Waals surface area contributed by atoms with Gasteiger partial charge in [-0.1, -0.05) is 13.0 Å². The van der Waals surface area contributed by atoms with Crippen LogP contribution in [0.25, 0.3) is 10.8 Å². The maximum atomic E-state index is 15.0. The first kappa shape index (κ1) is 27.6. The summed E-state index contributed by atoms with van der Waals surface area (Å²) in [5.41, 5.74) is 2.55. The molecule has 0 aliphatic carbocycles. The Morgan fingerprint density at radius 2 is 2.07 bits per heavy atom. The van der Waals surface area contributed by atoms with Crippen molar-refractivity contribution in [1.29, 1.82) is 0 Å². The van der Waals surface area contributed by atoms with Crippen LogP contribution in [0.4, 0.5) is 14.5 Å². The zero-order chi connectivity index (χ0) is 28.8. The van der Waals surface area contributed by atoms with Crippen LogP contribution in [0, 0.1) is 5.82 Å². The number of hydrogen-bond acceptors (Lipinski definition) is 8. The largest absolute Gasteiger partial charge is 0.493 e. The van der Waals surface area contributed by atoms with E-state index >= 15 is 4.39 Å². The van der Waals surface area contributed by atoms with Crippen LogP contribution >= 0.6 is 0 Å². The lowest BCUT2D eigenvalue weighted by atomic mass is 9.95. The van der Waals surface area contributed by atoms with Gasteiger partial charge < -0.3 is 24.2 Å². The second-order valence-electron chi connectivity index (χ2n) is 12.1. The van der Waals surface area contributed by atoms with E-state index in [-0.39, 0.29) is 29.5 Å². The van der Waals surface area contributed by atoms with Crippen molar-refractivity contribution >= 4 is 16.5 Å². The van der Waals surface area contributed by atoms with Gasteiger partial charge >= 0.3 is 6.01 Å². The van der Waals surface area contributed by atoms with Crippen LogP contribution in [0.2, 0.25) is 0 Å². The smallest absolute Gasteiger partial charge is 0.320 e. The molecule has 0 radical (unpaired) electrons. The minimum Gasteiger partial charge on any atom is -0.493 e. The molecular weight excluding hydrogens is 542 g/mol. The van der Waals surface area contributed by atoms with Gasteiger partial charge in [-0.15, -0.1) is 0 Å². The van der Waals surface area contributed by atoms with Gasteiger partial charge in [0.05, 0.1) is 24.4 Å². The molecule has 0 amide bonds. The third kappa shape index (κ3) is 5.02. The van der Waals surface area contributed by atoms with Gasteiger partial charge in [0.2, 0.25) is 5.88 Å². The second-order valence-corrected chi connectivity index (χ2v) is 12.1. The van der Waals surface area contributed by atoms with Crippen LogP contribution in [-0.2, 0) is 24.1 Å². The number of nitrogens with zero attached hydrogens (tertiary/aromatic N) is 4. The van der Waals surface area contributed by atoms with Gasteiger partial charge in [0.25, 0.3) is 0 Å². The summed E-state index contributed by atoms with van der Waals surface area (Å²) in [5, 5.41) is 12.6. The molecule has 7 rings (SSSR count). The van der Waals surface area contributed by atoms with E-state index in [0.717, 1.165) is 55.1 Å². The summed E-state index contributed by atoms with van der Waals surface area (Å²) in [6.45, 7) is 5.24. The summed E-state index contributed by atoms with van der Waals surface area (Å²) in [4.78, 5) is 13.3. The van der Waals surface area contributed by atoms with Crippen LogP contribution in [0.1, 0.15) is 62.3 Å². The zero-order valence-electron chi connectivity index (χ0n) is 24.1. The first-order chi connectivity index (χ1) is 20.4. The molecule has 10 heteroatoms. The van der Waals surface area contributed by atoms with Gasteiger partial charge in [0, 0.05) is 48.6 Å². The minimum atomic E-state index is -0.850. The molecule has 3 atom stereocenters. The number of ether oxygens (including phenoxy) is 3. The highest BCUT2D eigenvalue weighted by molar-refractivity contribution is 5.98. The Kier molecular flexibility index (Phi) is 7.30. The monoisotopic (exact) mass is 580 g/mol. The number of hydrogen-bond donors (Lipinski definition) is 1. The number of anilines is 1. The molecule has 0 saturated carbocycles. The van der Waals surface area contributed by atoms with Crippen molar-refractivity contribution in [3.05, 3.63) is 46.9 Å². The summed E-state index contributed by atoms with van der Waals surface area (Å²) in [6, 6.07) is 7.37. The molecule has 5 heterocycles. The second kappa shape index (κ2) is 11.1. The maximum absolute atomic E-state index is 15.0. The highest BCUT2D eigenvalue weighted by atomic mass is 19.1. The standard InChI is InChI=1S/C32H38F2N4O4/c1-2-23-25(34)8-7-20-14-22(42-28-6-3-4-13-40-28)15-27(29(20)23)37-12-9-24-26(18-37)35-31(36-30(24)39)41-19-32-10-5-11-38(32)17-21(33)16-32/h7-8,14-15,21,28H,2-6,9-13,16-19H2,1H3,(H,35,36,39)/t21-,28?,32+/m1/s1. The molecule has 224 valence electrons. The molecule has 0 bridgehead atoms. The molecule has 42 heavy (non-hydrogen) atoms. The lowest BCUT2D eigenvalue weighted by molar-refractivity contribution is -0.105. The predicted octanol–water partition coefficient (Wildman–Crippen LogP) is 5.46. The molecule has 3 aromatic rings. The topological polar surface area (TPSA) is 80.2 Å². The normalized spacial score (nSPS) is 25.9. The van der Waals surface area contributed by atoms with Crippen molar-refractivity contribution in [3.63, 3.8) is 0 Å². The van der Waals surface area contributed by atoms with Crippen LogP contribution in [-0.4, -0.2) is 70.8 Å². The highest BCUT2D eigenvalue weighted by Gasteiger charge is 2.49. The lowest BCUT2D eigenvalue weighted by Crippen LogP contribution is -2.43. The number of aromatic nitrogens is 2. The number of halogens is 2. The van der Waals surface area contributed by atoms with Crippen molar-refractivity contribution in [2.45, 2.75) is 82.8 Å². The SMILES string of the molecule is CCc1c(F)ccc2cc(OC3CCCCO3)cc(N3CCc4c(O)nc(OC[C@@]56CCCN5C[C@H](F)C6)nc4C3)c12. The number of benzene rings is 2. The zero-order valence-corrected chi connectivity index (χ0v) is 24.1. The van der Waals surface area contributed by atoms with Crippen LogP contribution in [0.3, 0.4) is 0 Å². The Balaban J connectivity index is 1.19. The van der Waals surface area contributed by atoms with E-state index < -0.39 is 6.17 Å². The van der Waals surface area contributed by atoms with E-state index in [0.29, 0.717) is 74.7 Å². The highest BCUT2D eigenvalue weighted by Crippen LogP contribution is 2.42. The average molecular weight is 581 g/mol. The van der Waals surface area contributed by atoms with Gasteiger partial charge in [-0.3, -0.25) is 4.90 Å². The first-order valence-corrected chi connectivity index (χ1v) is 15.3. The van der Waals surface area contributed by atoms with Gasteiger partial charge in [-0.2, -0.15) is 9.97 Å². The van der Waals surface area contributed by atoms with E-state index in [1.807, 2.05) is 19.1 Å². The first-order valence-electron chi connectivity index (χ1n) is 15.3. The molecular formula is C32H38F2N4O4. The maximum Gasteiger partial charge on any atom is 0.320 e. The van der Waals surface area contributed by atoms with Crippen molar-refractivity contribution in [3.8, 4) is 17.6 Å². The fourth-order valence-corrected chi connectivity index (χ4v) is 7.39. The van der Waals surface area contributed by atoms with Gasteiger partial charge in [0.15, 0.2) is 6.29 Å². The molecule has 1 N–H and O–H groups in total. The molecule has 4 aliphatic heterocycles.